The lowest BCUT2D eigenvalue weighted by molar-refractivity contribution is 0.143. The second kappa shape index (κ2) is 6.86. The van der Waals surface area contributed by atoms with E-state index in [1.165, 1.54) is 12.1 Å². The Kier molecular flexibility index (Phi) is 4.90. The Bertz CT molecular complexity index is 713. The molecule has 2 aromatic carbocycles. The van der Waals surface area contributed by atoms with Crippen molar-refractivity contribution < 1.29 is 29.3 Å². The van der Waals surface area contributed by atoms with E-state index < -0.39 is 12.3 Å². The van der Waals surface area contributed by atoms with Crippen LogP contribution >= 0.6 is 12.6 Å². The lowest BCUT2D eigenvalue weighted by Crippen LogP contribution is -2.05. The molecule has 114 valence electrons. The van der Waals surface area contributed by atoms with Gasteiger partial charge in [-0.15, -0.1) is 0 Å². The molecule has 22 heavy (non-hydrogen) atoms. The third-order valence-corrected chi connectivity index (χ3v) is 3.14. The van der Waals surface area contributed by atoms with Crippen LogP contribution in [0.25, 0.3) is 11.1 Å². The first-order valence-corrected chi connectivity index (χ1v) is 6.78. The molecule has 0 fully saturated rings. The molecule has 0 aliphatic carbocycles. The van der Waals surface area contributed by atoms with Crippen LogP contribution in [0.1, 0.15) is 5.56 Å². The number of carbonyl (C=O) groups is 2. The first-order valence-electron chi connectivity index (χ1n) is 6.15. The molecular formula is C15H12O6S. The minimum absolute atomic E-state index is 0.129. The van der Waals surface area contributed by atoms with E-state index in [9.17, 15) is 9.59 Å². The van der Waals surface area contributed by atoms with Crippen LogP contribution in [0.5, 0.6) is 11.5 Å². The molecule has 2 rings (SSSR count). The zero-order valence-corrected chi connectivity index (χ0v) is 12.1. The van der Waals surface area contributed by atoms with Gasteiger partial charge in [0.15, 0.2) is 0 Å². The zero-order chi connectivity index (χ0) is 16.1. The topological polar surface area (TPSA) is 93.1 Å². The molecular weight excluding hydrogens is 308 g/mol. The van der Waals surface area contributed by atoms with Crippen LogP contribution in [-0.4, -0.2) is 22.5 Å². The second-order valence-corrected chi connectivity index (χ2v) is 4.57. The highest BCUT2D eigenvalue weighted by molar-refractivity contribution is 7.79. The number of rotatable bonds is 4. The zero-order valence-electron chi connectivity index (χ0n) is 11.2. The van der Waals surface area contributed by atoms with Gasteiger partial charge in [0.25, 0.3) is 0 Å². The molecule has 0 unspecified atom stereocenters. The normalized spacial score (nSPS) is 10.0. The summed E-state index contributed by atoms with van der Waals surface area (Å²) in [5.41, 5.74) is 1.87. The lowest BCUT2D eigenvalue weighted by atomic mass is 10.0. The summed E-state index contributed by atoms with van der Waals surface area (Å²) in [5, 5.41) is 17.5. The predicted molar refractivity (Wildman–Crippen MR) is 81.9 cm³/mol. The highest BCUT2D eigenvalue weighted by Gasteiger charge is 2.12. The molecule has 0 aromatic heterocycles. The highest BCUT2D eigenvalue weighted by atomic mass is 32.1. The van der Waals surface area contributed by atoms with Crippen LogP contribution in [0.2, 0.25) is 0 Å². The summed E-state index contributed by atoms with van der Waals surface area (Å²) in [6.45, 7) is 0. The van der Waals surface area contributed by atoms with Crippen molar-refractivity contribution in [1.29, 1.82) is 0 Å². The maximum atomic E-state index is 10.8. The summed E-state index contributed by atoms with van der Waals surface area (Å²) in [6, 6.07) is 11.3. The standard InChI is InChI=1S/C15H12O6S/c16-14(17)20-11-3-1-2-10(7-11)12-5-4-9(8-22)6-13(12)21-15(18)19/h1-7,22H,8H2,(H,16,17)(H,18,19). The number of thiol groups is 1. The van der Waals surface area contributed by atoms with E-state index >= 15 is 0 Å². The summed E-state index contributed by atoms with van der Waals surface area (Å²) in [4.78, 5) is 21.4. The number of carboxylic acid groups (broad SMARTS) is 2. The Morgan fingerprint density at radius 1 is 1.00 bits per heavy atom. The van der Waals surface area contributed by atoms with Gasteiger partial charge in [-0.3, -0.25) is 0 Å². The van der Waals surface area contributed by atoms with Crippen molar-refractivity contribution in [3.8, 4) is 22.6 Å². The van der Waals surface area contributed by atoms with Gasteiger partial charge in [-0.05, 0) is 29.3 Å². The minimum atomic E-state index is -1.43. The SMILES string of the molecule is O=C(O)Oc1cccc(-c2ccc(CS)cc2OC(=O)O)c1. The molecule has 6 nitrogen and oxygen atoms in total. The van der Waals surface area contributed by atoms with Crippen molar-refractivity contribution in [2.45, 2.75) is 5.75 Å². The summed E-state index contributed by atoms with van der Waals surface area (Å²) in [5.74, 6) is 0.703. The van der Waals surface area contributed by atoms with Crippen LogP contribution in [0.3, 0.4) is 0 Å². The number of ether oxygens (including phenoxy) is 2. The van der Waals surface area contributed by atoms with Crippen LogP contribution in [0, 0.1) is 0 Å². The Balaban J connectivity index is 2.46. The van der Waals surface area contributed by atoms with Crippen molar-refractivity contribution >= 4 is 24.9 Å². The average molecular weight is 320 g/mol. The fourth-order valence-corrected chi connectivity index (χ4v) is 2.11. The van der Waals surface area contributed by atoms with Crippen LogP contribution in [-0.2, 0) is 5.75 Å². The number of hydrogen-bond donors (Lipinski definition) is 3. The van der Waals surface area contributed by atoms with Gasteiger partial charge in [0.2, 0.25) is 0 Å². The fourth-order valence-electron chi connectivity index (χ4n) is 1.91. The fraction of sp³-hybridized carbons (Fsp3) is 0.0667. The molecule has 0 radical (unpaired) electrons. The number of hydrogen-bond acceptors (Lipinski definition) is 5. The molecule has 0 saturated carbocycles. The highest BCUT2D eigenvalue weighted by Crippen LogP contribution is 2.33. The van der Waals surface area contributed by atoms with Crippen molar-refractivity contribution in [3.63, 3.8) is 0 Å². The van der Waals surface area contributed by atoms with Crippen LogP contribution in [0.15, 0.2) is 42.5 Å². The lowest BCUT2D eigenvalue weighted by Gasteiger charge is -2.11. The first kappa shape index (κ1) is 15.7. The third-order valence-electron chi connectivity index (χ3n) is 2.78. The molecule has 2 N–H and O–H groups in total. The first-order chi connectivity index (χ1) is 10.5. The van der Waals surface area contributed by atoms with Gasteiger partial charge < -0.3 is 19.7 Å². The van der Waals surface area contributed by atoms with Gasteiger partial charge in [-0.1, -0.05) is 24.3 Å². The van der Waals surface area contributed by atoms with Crippen molar-refractivity contribution in [1.82, 2.24) is 0 Å². The summed E-state index contributed by atoms with van der Waals surface area (Å²) in [6.07, 6.45) is -2.86. The summed E-state index contributed by atoms with van der Waals surface area (Å²) in [7, 11) is 0. The molecule has 0 saturated heterocycles. The van der Waals surface area contributed by atoms with E-state index in [0.29, 0.717) is 16.9 Å². The Hall–Kier alpha value is -2.67. The third kappa shape index (κ3) is 3.92. The number of benzene rings is 2. The van der Waals surface area contributed by atoms with Gasteiger partial charge in [-0.2, -0.15) is 12.6 Å². The molecule has 2 aromatic rings. The van der Waals surface area contributed by atoms with Crippen molar-refractivity contribution in [2.24, 2.45) is 0 Å². The van der Waals surface area contributed by atoms with Crippen molar-refractivity contribution in [3.05, 3.63) is 48.0 Å². The van der Waals surface area contributed by atoms with Crippen molar-refractivity contribution in [2.75, 3.05) is 0 Å². The average Bonchev–Trinajstić information content (AvgIpc) is 2.46. The maximum Gasteiger partial charge on any atom is 0.511 e. The molecule has 0 spiro atoms. The van der Waals surface area contributed by atoms with E-state index in [-0.39, 0.29) is 11.5 Å². The summed E-state index contributed by atoms with van der Waals surface area (Å²) >= 11 is 4.14. The molecule has 0 bridgehead atoms. The molecule has 7 heteroatoms. The van der Waals surface area contributed by atoms with E-state index in [2.05, 4.69) is 17.4 Å². The van der Waals surface area contributed by atoms with Gasteiger partial charge in [0.05, 0.1) is 0 Å². The van der Waals surface area contributed by atoms with Gasteiger partial charge in [0, 0.05) is 11.3 Å². The predicted octanol–water partition coefficient (Wildman–Crippen LogP) is 3.90. The van der Waals surface area contributed by atoms with E-state index in [0.717, 1.165) is 5.56 Å². The monoisotopic (exact) mass is 320 g/mol. The smallest absolute Gasteiger partial charge is 0.449 e. The van der Waals surface area contributed by atoms with Gasteiger partial charge in [-0.25, -0.2) is 9.59 Å². The van der Waals surface area contributed by atoms with Crippen LogP contribution < -0.4 is 9.47 Å². The van der Waals surface area contributed by atoms with Gasteiger partial charge >= 0.3 is 12.3 Å². The molecule has 0 aliphatic heterocycles. The molecule has 0 heterocycles. The summed E-state index contributed by atoms with van der Waals surface area (Å²) < 4.78 is 9.38. The quantitative estimate of drug-likeness (QED) is 0.449. The van der Waals surface area contributed by atoms with Crippen LogP contribution in [0.4, 0.5) is 9.59 Å². The Morgan fingerprint density at radius 2 is 1.73 bits per heavy atom. The Labute approximate surface area is 131 Å². The maximum absolute atomic E-state index is 10.8. The van der Waals surface area contributed by atoms with Gasteiger partial charge in [0.1, 0.15) is 11.5 Å². The second-order valence-electron chi connectivity index (χ2n) is 4.25. The molecule has 0 atom stereocenters. The molecule has 0 aliphatic rings. The molecule has 0 amide bonds. The van der Waals surface area contributed by atoms with E-state index in [1.54, 1.807) is 30.3 Å². The van der Waals surface area contributed by atoms with E-state index in [1.807, 2.05) is 0 Å². The van der Waals surface area contributed by atoms with E-state index in [4.69, 9.17) is 14.9 Å². The largest absolute Gasteiger partial charge is 0.511 e. The Morgan fingerprint density at radius 3 is 2.36 bits per heavy atom. The minimum Gasteiger partial charge on any atom is -0.449 e.